The van der Waals surface area contributed by atoms with Crippen molar-refractivity contribution in [3.05, 3.63) is 0 Å². The fourth-order valence-corrected chi connectivity index (χ4v) is 0. The van der Waals surface area contributed by atoms with Gasteiger partial charge in [0.15, 0.2) is 6.67 Å². The Kier molecular flexibility index (Phi) is 11.4. The third kappa shape index (κ3) is 44.6. The van der Waals surface area contributed by atoms with Crippen molar-refractivity contribution in [1.29, 1.82) is 0 Å². The van der Waals surface area contributed by atoms with Crippen molar-refractivity contribution in [1.82, 2.24) is 0 Å². The first-order chi connectivity index (χ1) is 7.50. The summed E-state index contributed by atoms with van der Waals surface area (Å²) in [6, 6.07) is 0. The second kappa shape index (κ2) is 8.89. The Labute approximate surface area is 105 Å². The molecule has 0 amide bonds. The van der Waals surface area contributed by atoms with Gasteiger partial charge in [0.1, 0.15) is 0 Å². The summed E-state index contributed by atoms with van der Waals surface area (Å²) in [7, 11) is 0. The molecule has 0 fully saturated rings. The molecule has 0 spiro atoms. The van der Waals surface area contributed by atoms with Crippen LogP contribution >= 0.6 is 23.2 Å². The number of hydrogen-bond acceptors (Lipinski definition) is 0. The Bertz CT molecular complexity index is 184. The minimum atomic E-state index is -4.90. The van der Waals surface area contributed by atoms with E-state index in [4.69, 9.17) is 0 Å². The van der Waals surface area contributed by atoms with Crippen LogP contribution in [-0.4, -0.2) is 30.0 Å². The lowest BCUT2D eigenvalue weighted by atomic mass is 10.7. The maximum atomic E-state index is 10.8. The average molecular weight is 339 g/mol. The molecule has 0 bridgehead atoms. The molecule has 114 valence electrons. The van der Waals surface area contributed by atoms with E-state index >= 15 is 0 Å². The van der Waals surface area contributed by atoms with E-state index in [2.05, 4.69) is 23.2 Å². The first-order valence-electron chi connectivity index (χ1n) is 3.55. The Morgan fingerprint density at radius 1 is 0.944 bits per heavy atom. The van der Waals surface area contributed by atoms with Crippen LogP contribution in [0.4, 0.5) is 43.9 Å². The molecule has 0 radical (unpaired) electrons. The number of hydrogen-bond donors (Lipinski definition) is 0. The van der Waals surface area contributed by atoms with Crippen molar-refractivity contribution in [3.8, 4) is 0 Å². The van der Waals surface area contributed by atoms with E-state index in [9.17, 15) is 43.9 Å². The zero-order valence-electron chi connectivity index (χ0n) is 8.32. The summed E-state index contributed by atoms with van der Waals surface area (Å²) in [6.45, 7) is -1.61. The Morgan fingerprint density at radius 3 is 1.06 bits per heavy atom. The van der Waals surface area contributed by atoms with E-state index in [0.717, 1.165) is 0 Å². The molecule has 0 aromatic rings. The maximum absolute atomic E-state index is 10.8. The van der Waals surface area contributed by atoms with Crippen LogP contribution in [0.1, 0.15) is 6.92 Å². The molecule has 0 aliphatic rings. The predicted octanol–water partition coefficient (Wildman–Crippen LogP) is 5.44. The predicted molar refractivity (Wildman–Crippen MR) is 45.3 cm³/mol. The van der Waals surface area contributed by atoms with Crippen LogP contribution < -0.4 is 0 Å². The summed E-state index contributed by atoms with van der Waals surface area (Å²) in [4.78, 5) is 0. The van der Waals surface area contributed by atoms with E-state index < -0.39 is 30.0 Å². The SMILES string of the molecule is CC(F)(F)Cl.FC(Cl)C(F)(F)F.FCC(F)(F)F. The van der Waals surface area contributed by atoms with Crippen molar-refractivity contribution in [2.45, 2.75) is 30.3 Å². The highest BCUT2D eigenvalue weighted by molar-refractivity contribution is 6.21. The molecule has 0 rings (SSSR count). The van der Waals surface area contributed by atoms with Crippen LogP contribution in [0, 0.1) is 0 Å². The van der Waals surface area contributed by atoms with Gasteiger partial charge in [-0.05, 0) is 11.6 Å². The lowest BCUT2D eigenvalue weighted by Gasteiger charge is -2.01. The Balaban J connectivity index is -0.000000190. The lowest BCUT2D eigenvalue weighted by molar-refractivity contribution is -0.156. The summed E-state index contributed by atoms with van der Waals surface area (Å²) in [5.41, 5.74) is -3.23. The van der Waals surface area contributed by atoms with Gasteiger partial charge in [-0.1, -0.05) is 11.6 Å². The molecule has 0 heterocycles. The van der Waals surface area contributed by atoms with Crippen LogP contribution in [-0.2, 0) is 0 Å². The van der Waals surface area contributed by atoms with Crippen molar-refractivity contribution in [3.63, 3.8) is 0 Å². The average Bonchev–Trinajstić information content (AvgIpc) is 1.98. The maximum Gasteiger partial charge on any atom is 0.433 e. The van der Waals surface area contributed by atoms with E-state index in [1.165, 1.54) is 0 Å². The number of alkyl halides is 12. The highest BCUT2D eigenvalue weighted by Crippen LogP contribution is 2.24. The zero-order valence-corrected chi connectivity index (χ0v) is 9.83. The van der Waals surface area contributed by atoms with Gasteiger partial charge >= 0.3 is 17.7 Å². The molecule has 0 saturated heterocycles. The third-order valence-corrected chi connectivity index (χ3v) is 0.646. The fraction of sp³-hybridized carbons (Fsp3) is 1.00. The largest absolute Gasteiger partial charge is 0.433 e. The van der Waals surface area contributed by atoms with Crippen LogP contribution in [0.25, 0.3) is 0 Å². The third-order valence-electron chi connectivity index (χ3n) is 0.399. The molecule has 0 N–H and O–H groups in total. The van der Waals surface area contributed by atoms with E-state index in [-0.39, 0.29) is 0 Å². The smallest absolute Gasteiger partial charge is 0.241 e. The second-order valence-electron chi connectivity index (χ2n) is 2.37. The first kappa shape index (κ1) is 23.0. The van der Waals surface area contributed by atoms with E-state index in [1.807, 2.05) is 0 Å². The molecule has 18 heavy (non-hydrogen) atoms. The number of halogens is 12. The van der Waals surface area contributed by atoms with Gasteiger partial charge in [-0.2, -0.15) is 35.1 Å². The topological polar surface area (TPSA) is 0 Å². The molecule has 0 aliphatic heterocycles. The standard InChI is InChI=1S/C2HClF4.C2H3ClF2.C2H2F4/c3-1(4)2(5,6)7;1-2(3,4)5;3-1-2(4,5)6/h1H;1H3;1H2. The van der Waals surface area contributed by atoms with Gasteiger partial charge in [0.05, 0.1) is 0 Å². The van der Waals surface area contributed by atoms with Crippen LogP contribution in [0.5, 0.6) is 0 Å². The van der Waals surface area contributed by atoms with Crippen molar-refractivity contribution >= 4 is 23.2 Å². The normalized spacial score (nSPS) is 13.8. The van der Waals surface area contributed by atoms with Crippen LogP contribution in [0.3, 0.4) is 0 Å². The molecule has 1 unspecified atom stereocenters. The quantitative estimate of drug-likeness (QED) is 0.407. The first-order valence-corrected chi connectivity index (χ1v) is 4.36. The van der Waals surface area contributed by atoms with Gasteiger partial charge in [0.2, 0.25) is 0 Å². The van der Waals surface area contributed by atoms with Gasteiger partial charge in [-0.15, -0.1) is 0 Å². The Morgan fingerprint density at radius 2 is 1.06 bits per heavy atom. The molecular weight excluding hydrogens is 333 g/mol. The van der Waals surface area contributed by atoms with Gasteiger partial charge < -0.3 is 0 Å². The summed E-state index contributed by atoms with van der Waals surface area (Å²) in [5.74, 6) is 0. The number of rotatable bonds is 0. The highest BCUT2D eigenvalue weighted by Gasteiger charge is 2.38. The van der Waals surface area contributed by atoms with Crippen LogP contribution in [0.15, 0.2) is 0 Å². The monoisotopic (exact) mass is 338 g/mol. The minimum absolute atomic E-state index is 0.620. The minimum Gasteiger partial charge on any atom is -0.241 e. The Hall–Kier alpha value is -0.120. The van der Waals surface area contributed by atoms with Gasteiger partial charge in [0.25, 0.3) is 5.63 Å². The molecule has 0 nitrogen and oxygen atoms in total. The molecule has 0 aliphatic carbocycles. The van der Waals surface area contributed by atoms with Crippen molar-refractivity contribution < 1.29 is 43.9 Å². The summed E-state index contributed by atoms with van der Waals surface area (Å²) < 4.78 is 106. The van der Waals surface area contributed by atoms with Gasteiger partial charge in [-0.25, -0.2) is 8.78 Å². The van der Waals surface area contributed by atoms with Gasteiger partial charge in [-0.3, -0.25) is 0 Å². The van der Waals surface area contributed by atoms with E-state index in [1.54, 1.807) is 0 Å². The summed E-state index contributed by atoms with van der Waals surface area (Å²) >= 11 is 8.16. The fourth-order valence-electron chi connectivity index (χ4n) is 0. The molecule has 0 aromatic carbocycles. The molecule has 0 saturated carbocycles. The lowest BCUT2D eigenvalue weighted by Crippen LogP contribution is -2.17. The molecule has 0 aromatic heterocycles. The van der Waals surface area contributed by atoms with Crippen molar-refractivity contribution in [2.75, 3.05) is 6.67 Å². The second-order valence-corrected chi connectivity index (χ2v) is 3.42. The van der Waals surface area contributed by atoms with Crippen LogP contribution in [0.2, 0.25) is 0 Å². The molecule has 1 atom stereocenters. The highest BCUT2D eigenvalue weighted by atomic mass is 35.5. The van der Waals surface area contributed by atoms with Crippen molar-refractivity contribution in [2.24, 2.45) is 0 Å². The molecular formula is C6H6Cl2F10. The summed E-state index contributed by atoms with van der Waals surface area (Å²) in [6.07, 6.45) is -9.53. The summed E-state index contributed by atoms with van der Waals surface area (Å²) in [5, 5.41) is -3.03. The van der Waals surface area contributed by atoms with Gasteiger partial charge in [0, 0.05) is 6.92 Å². The zero-order chi connectivity index (χ0) is 15.8. The molecule has 12 heteroatoms. The van der Waals surface area contributed by atoms with E-state index in [0.29, 0.717) is 6.92 Å².